The second-order valence-corrected chi connectivity index (χ2v) is 6.57. The van der Waals surface area contributed by atoms with E-state index in [2.05, 4.69) is 4.98 Å². The third kappa shape index (κ3) is 2.04. The van der Waals surface area contributed by atoms with Gasteiger partial charge in [-0.15, -0.1) is 11.3 Å². The molecule has 2 aliphatic rings. The maximum atomic E-state index is 12.4. The molecule has 0 aromatic carbocycles. The lowest BCUT2D eigenvalue weighted by Crippen LogP contribution is -2.43. The average molecular weight is 280 g/mol. The van der Waals surface area contributed by atoms with E-state index in [4.69, 9.17) is 0 Å². The fraction of sp³-hybridized carbons (Fsp3) is 0.615. The van der Waals surface area contributed by atoms with E-state index < -0.39 is 12.0 Å². The standard InChI is InChI=1S/C13H16N2O3S/c1-7-14-5-10(19-7)12(16)15-6-8-3-2-4-9(8)11(15)13(17)18/h5,8-9,11H,2-4,6H2,1H3,(H,17,18). The first-order chi connectivity index (χ1) is 9.08. The number of thiazole rings is 1. The number of carbonyl (C=O) groups excluding carboxylic acids is 1. The quantitative estimate of drug-likeness (QED) is 0.896. The number of amides is 1. The van der Waals surface area contributed by atoms with Crippen LogP contribution in [0.25, 0.3) is 0 Å². The minimum absolute atomic E-state index is 0.135. The summed E-state index contributed by atoms with van der Waals surface area (Å²) in [7, 11) is 0. The predicted octanol–water partition coefficient (Wildman–Crippen LogP) is 1.78. The van der Waals surface area contributed by atoms with Crippen LogP contribution < -0.4 is 0 Å². The molecule has 6 heteroatoms. The summed E-state index contributed by atoms with van der Waals surface area (Å²) in [4.78, 5) is 30.1. The molecule has 0 bridgehead atoms. The van der Waals surface area contributed by atoms with E-state index in [1.165, 1.54) is 11.3 Å². The zero-order chi connectivity index (χ0) is 13.6. The van der Waals surface area contributed by atoms with Gasteiger partial charge in [0.15, 0.2) is 0 Å². The molecular formula is C13H16N2O3S. The van der Waals surface area contributed by atoms with Crippen LogP contribution in [0.4, 0.5) is 0 Å². The smallest absolute Gasteiger partial charge is 0.326 e. The summed E-state index contributed by atoms with van der Waals surface area (Å²) in [6, 6.07) is -0.651. The number of likely N-dealkylation sites (tertiary alicyclic amines) is 1. The predicted molar refractivity (Wildman–Crippen MR) is 70.1 cm³/mol. The van der Waals surface area contributed by atoms with Crippen LogP contribution >= 0.6 is 11.3 Å². The van der Waals surface area contributed by atoms with E-state index in [1.54, 1.807) is 11.1 Å². The minimum atomic E-state index is -0.871. The topological polar surface area (TPSA) is 70.5 Å². The van der Waals surface area contributed by atoms with Gasteiger partial charge in [0.2, 0.25) is 0 Å². The van der Waals surface area contributed by atoms with Crippen LogP contribution in [-0.4, -0.2) is 39.5 Å². The molecule has 0 spiro atoms. The first kappa shape index (κ1) is 12.6. The van der Waals surface area contributed by atoms with Crippen molar-refractivity contribution in [3.05, 3.63) is 16.1 Å². The Morgan fingerprint density at radius 2 is 2.26 bits per heavy atom. The van der Waals surface area contributed by atoms with Gasteiger partial charge in [-0.05, 0) is 31.6 Å². The van der Waals surface area contributed by atoms with Crippen molar-refractivity contribution in [2.75, 3.05) is 6.54 Å². The van der Waals surface area contributed by atoms with Gasteiger partial charge in [0.1, 0.15) is 10.9 Å². The molecule has 1 aliphatic heterocycles. The number of carbonyl (C=O) groups is 2. The molecule has 1 saturated heterocycles. The lowest BCUT2D eigenvalue weighted by Gasteiger charge is -2.23. The highest BCUT2D eigenvalue weighted by Crippen LogP contribution is 2.42. The number of aliphatic carboxylic acids is 1. The molecule has 1 aromatic heterocycles. The van der Waals surface area contributed by atoms with Crippen LogP contribution in [0.3, 0.4) is 0 Å². The molecule has 102 valence electrons. The highest BCUT2D eigenvalue weighted by atomic mass is 32.1. The first-order valence-electron chi connectivity index (χ1n) is 6.54. The zero-order valence-electron chi connectivity index (χ0n) is 10.7. The Balaban J connectivity index is 1.87. The number of hydrogen-bond acceptors (Lipinski definition) is 4. The summed E-state index contributed by atoms with van der Waals surface area (Å²) in [6.45, 7) is 2.42. The molecule has 3 rings (SSSR count). The van der Waals surface area contributed by atoms with Gasteiger partial charge >= 0.3 is 5.97 Å². The molecule has 1 aromatic rings. The Morgan fingerprint density at radius 1 is 1.47 bits per heavy atom. The lowest BCUT2D eigenvalue weighted by atomic mass is 9.94. The van der Waals surface area contributed by atoms with Crippen molar-refractivity contribution in [2.24, 2.45) is 11.8 Å². The van der Waals surface area contributed by atoms with Crippen molar-refractivity contribution < 1.29 is 14.7 Å². The number of rotatable bonds is 2. The maximum absolute atomic E-state index is 12.4. The van der Waals surface area contributed by atoms with Crippen molar-refractivity contribution in [1.82, 2.24) is 9.88 Å². The number of fused-ring (bicyclic) bond motifs is 1. The van der Waals surface area contributed by atoms with Gasteiger partial charge in [0.05, 0.1) is 11.2 Å². The highest BCUT2D eigenvalue weighted by Gasteiger charge is 2.49. The largest absolute Gasteiger partial charge is 0.480 e. The summed E-state index contributed by atoms with van der Waals surface area (Å²) in [6.07, 6.45) is 4.60. The first-order valence-corrected chi connectivity index (χ1v) is 7.36. The van der Waals surface area contributed by atoms with E-state index in [1.807, 2.05) is 6.92 Å². The Morgan fingerprint density at radius 3 is 2.89 bits per heavy atom. The van der Waals surface area contributed by atoms with Crippen LogP contribution in [0.5, 0.6) is 0 Å². The van der Waals surface area contributed by atoms with Crippen LogP contribution in [0, 0.1) is 18.8 Å². The molecule has 19 heavy (non-hydrogen) atoms. The third-order valence-electron chi connectivity index (χ3n) is 4.24. The van der Waals surface area contributed by atoms with Crippen molar-refractivity contribution in [1.29, 1.82) is 0 Å². The Labute approximate surface area is 115 Å². The van der Waals surface area contributed by atoms with E-state index in [-0.39, 0.29) is 11.8 Å². The number of aryl methyl sites for hydroxylation is 1. The molecule has 0 radical (unpaired) electrons. The fourth-order valence-corrected chi connectivity index (χ4v) is 4.17. The van der Waals surface area contributed by atoms with Crippen LogP contribution in [-0.2, 0) is 4.79 Å². The monoisotopic (exact) mass is 280 g/mol. The van der Waals surface area contributed by atoms with Crippen molar-refractivity contribution in [2.45, 2.75) is 32.2 Å². The van der Waals surface area contributed by atoms with Gasteiger partial charge in [0.25, 0.3) is 5.91 Å². The molecule has 2 fully saturated rings. The van der Waals surface area contributed by atoms with E-state index >= 15 is 0 Å². The lowest BCUT2D eigenvalue weighted by molar-refractivity contribution is -0.142. The van der Waals surface area contributed by atoms with Crippen molar-refractivity contribution in [3.8, 4) is 0 Å². The number of nitrogens with zero attached hydrogens (tertiary/aromatic N) is 2. The number of hydrogen-bond donors (Lipinski definition) is 1. The van der Waals surface area contributed by atoms with Gasteiger partial charge in [0, 0.05) is 6.54 Å². The Bertz CT molecular complexity index is 528. The SMILES string of the molecule is Cc1ncc(C(=O)N2CC3CCCC3C2C(=O)O)s1. The van der Waals surface area contributed by atoms with Crippen LogP contribution in [0.2, 0.25) is 0 Å². The summed E-state index contributed by atoms with van der Waals surface area (Å²) < 4.78 is 0. The molecule has 1 amide bonds. The van der Waals surface area contributed by atoms with Gasteiger partial charge in [-0.3, -0.25) is 4.79 Å². The number of carboxylic acids is 1. The molecule has 2 heterocycles. The van der Waals surface area contributed by atoms with Crippen molar-refractivity contribution >= 4 is 23.2 Å². The minimum Gasteiger partial charge on any atom is -0.480 e. The Kier molecular flexibility index (Phi) is 3.05. The molecule has 1 N–H and O–H groups in total. The molecular weight excluding hydrogens is 264 g/mol. The average Bonchev–Trinajstić information content (AvgIpc) is 3.00. The molecule has 5 nitrogen and oxygen atoms in total. The second kappa shape index (κ2) is 4.59. The molecule has 3 atom stereocenters. The highest BCUT2D eigenvalue weighted by molar-refractivity contribution is 7.13. The summed E-state index contributed by atoms with van der Waals surface area (Å²) in [5.41, 5.74) is 0. The van der Waals surface area contributed by atoms with Crippen molar-refractivity contribution in [3.63, 3.8) is 0 Å². The maximum Gasteiger partial charge on any atom is 0.326 e. The van der Waals surface area contributed by atoms with E-state index in [0.29, 0.717) is 17.3 Å². The van der Waals surface area contributed by atoms with E-state index in [9.17, 15) is 14.7 Å². The van der Waals surface area contributed by atoms with Gasteiger partial charge in [-0.2, -0.15) is 0 Å². The van der Waals surface area contributed by atoms with Gasteiger partial charge < -0.3 is 10.0 Å². The zero-order valence-corrected chi connectivity index (χ0v) is 11.5. The summed E-state index contributed by atoms with van der Waals surface area (Å²) in [5.74, 6) is -0.550. The van der Waals surface area contributed by atoms with Gasteiger partial charge in [-0.1, -0.05) is 6.42 Å². The number of aromatic nitrogens is 1. The normalized spacial score (nSPS) is 29.5. The van der Waals surface area contributed by atoms with E-state index in [0.717, 1.165) is 24.3 Å². The summed E-state index contributed by atoms with van der Waals surface area (Å²) >= 11 is 1.33. The van der Waals surface area contributed by atoms with Gasteiger partial charge in [-0.25, -0.2) is 9.78 Å². The number of carboxylic acid groups (broad SMARTS) is 1. The summed E-state index contributed by atoms with van der Waals surface area (Å²) in [5, 5.41) is 10.3. The third-order valence-corrected chi connectivity index (χ3v) is 5.14. The second-order valence-electron chi connectivity index (χ2n) is 5.34. The molecule has 1 saturated carbocycles. The fourth-order valence-electron chi connectivity index (χ4n) is 3.43. The van der Waals surface area contributed by atoms with Crippen LogP contribution in [0.15, 0.2) is 6.20 Å². The molecule has 1 aliphatic carbocycles. The Hall–Kier alpha value is -1.43. The molecule has 3 unspecified atom stereocenters. The van der Waals surface area contributed by atoms with Crippen LogP contribution in [0.1, 0.15) is 33.9 Å².